The molecule has 1 N–H and O–H groups in total. The normalized spacial score (nSPS) is 21.6. The van der Waals surface area contributed by atoms with Crippen LogP contribution in [-0.2, 0) is 16.0 Å². The molecule has 3 rings (SSSR count). The lowest BCUT2D eigenvalue weighted by Crippen LogP contribution is -2.38. The first-order valence-electron chi connectivity index (χ1n) is 8.38. The van der Waals surface area contributed by atoms with Gasteiger partial charge in [0.2, 0.25) is 11.9 Å². The standard InChI is InChI=1S/C16H25N5O2/c1-3-13-10-15(21-5-4-14(11-21)17-12(2)22)19-16(18-13)20-6-8-23-9-7-20/h10,14H,3-9,11H2,1-2H3,(H,17,22). The highest BCUT2D eigenvalue weighted by Gasteiger charge is 2.25. The molecule has 0 spiro atoms. The number of morpholine rings is 1. The van der Waals surface area contributed by atoms with E-state index in [1.807, 2.05) is 0 Å². The molecule has 23 heavy (non-hydrogen) atoms. The van der Waals surface area contributed by atoms with Gasteiger partial charge in [-0.1, -0.05) is 6.92 Å². The van der Waals surface area contributed by atoms with Crippen LogP contribution in [0, 0.1) is 0 Å². The number of carbonyl (C=O) groups excluding carboxylic acids is 1. The molecular formula is C16H25N5O2. The highest BCUT2D eigenvalue weighted by molar-refractivity contribution is 5.73. The van der Waals surface area contributed by atoms with Crippen molar-refractivity contribution >= 4 is 17.7 Å². The molecule has 3 heterocycles. The summed E-state index contributed by atoms with van der Waals surface area (Å²) in [6, 6.07) is 2.28. The topological polar surface area (TPSA) is 70.6 Å². The second-order valence-electron chi connectivity index (χ2n) is 6.10. The van der Waals surface area contributed by atoms with Crippen molar-refractivity contribution in [3.63, 3.8) is 0 Å². The molecule has 1 aromatic rings. The summed E-state index contributed by atoms with van der Waals surface area (Å²) in [5, 5.41) is 3.00. The third kappa shape index (κ3) is 3.90. The van der Waals surface area contributed by atoms with Crippen LogP contribution in [0.2, 0.25) is 0 Å². The smallest absolute Gasteiger partial charge is 0.227 e. The van der Waals surface area contributed by atoms with Gasteiger partial charge in [0.25, 0.3) is 0 Å². The monoisotopic (exact) mass is 319 g/mol. The summed E-state index contributed by atoms with van der Waals surface area (Å²) in [6.07, 6.45) is 1.84. The van der Waals surface area contributed by atoms with Gasteiger partial charge in [-0.05, 0) is 12.8 Å². The Labute approximate surface area is 137 Å². The fraction of sp³-hybridized carbons (Fsp3) is 0.688. The molecule has 0 saturated carbocycles. The molecule has 0 aromatic carbocycles. The third-order valence-electron chi connectivity index (χ3n) is 4.33. The van der Waals surface area contributed by atoms with Crippen molar-refractivity contribution in [1.29, 1.82) is 0 Å². The van der Waals surface area contributed by atoms with Crippen LogP contribution in [0.3, 0.4) is 0 Å². The van der Waals surface area contributed by atoms with Crippen molar-refractivity contribution in [2.45, 2.75) is 32.7 Å². The van der Waals surface area contributed by atoms with Gasteiger partial charge < -0.3 is 19.9 Å². The van der Waals surface area contributed by atoms with Gasteiger partial charge in [-0.3, -0.25) is 4.79 Å². The number of aromatic nitrogens is 2. The zero-order valence-corrected chi connectivity index (χ0v) is 13.9. The summed E-state index contributed by atoms with van der Waals surface area (Å²) in [4.78, 5) is 25.1. The Morgan fingerprint density at radius 1 is 1.30 bits per heavy atom. The van der Waals surface area contributed by atoms with Gasteiger partial charge in [-0.25, -0.2) is 4.98 Å². The van der Waals surface area contributed by atoms with E-state index in [0.717, 1.165) is 69.7 Å². The third-order valence-corrected chi connectivity index (χ3v) is 4.33. The molecule has 2 aliphatic heterocycles. The molecule has 0 radical (unpaired) electrons. The van der Waals surface area contributed by atoms with E-state index >= 15 is 0 Å². The Bertz CT molecular complexity index is 559. The van der Waals surface area contributed by atoms with Crippen molar-refractivity contribution in [3.8, 4) is 0 Å². The van der Waals surface area contributed by atoms with Gasteiger partial charge in [0.05, 0.1) is 13.2 Å². The Balaban J connectivity index is 1.77. The summed E-state index contributed by atoms with van der Waals surface area (Å²) < 4.78 is 5.41. The van der Waals surface area contributed by atoms with Crippen LogP contribution in [0.15, 0.2) is 6.07 Å². The van der Waals surface area contributed by atoms with Crippen LogP contribution in [0.4, 0.5) is 11.8 Å². The molecule has 1 aromatic heterocycles. The lowest BCUT2D eigenvalue weighted by Gasteiger charge is -2.28. The fourth-order valence-electron chi connectivity index (χ4n) is 3.09. The highest BCUT2D eigenvalue weighted by Crippen LogP contribution is 2.22. The Kier molecular flexibility index (Phi) is 4.95. The molecule has 1 amide bonds. The first-order chi connectivity index (χ1) is 11.2. The maximum Gasteiger partial charge on any atom is 0.227 e. The molecular weight excluding hydrogens is 294 g/mol. The van der Waals surface area contributed by atoms with Crippen molar-refractivity contribution in [3.05, 3.63) is 11.8 Å². The molecule has 0 bridgehead atoms. The zero-order chi connectivity index (χ0) is 16.2. The van der Waals surface area contributed by atoms with Gasteiger partial charge in [0.15, 0.2) is 0 Å². The van der Waals surface area contributed by atoms with Gasteiger partial charge in [-0.2, -0.15) is 4.98 Å². The quantitative estimate of drug-likeness (QED) is 0.876. The van der Waals surface area contributed by atoms with Crippen molar-refractivity contribution in [1.82, 2.24) is 15.3 Å². The van der Waals surface area contributed by atoms with E-state index in [2.05, 4.69) is 33.1 Å². The minimum atomic E-state index is 0.0304. The number of nitrogens with zero attached hydrogens (tertiary/aromatic N) is 4. The number of aryl methyl sites for hydroxylation is 1. The fourth-order valence-corrected chi connectivity index (χ4v) is 3.09. The number of nitrogens with one attached hydrogen (secondary N) is 1. The number of ether oxygens (including phenoxy) is 1. The van der Waals surface area contributed by atoms with E-state index < -0.39 is 0 Å². The van der Waals surface area contributed by atoms with Crippen LogP contribution in [0.1, 0.15) is 26.0 Å². The van der Waals surface area contributed by atoms with E-state index in [4.69, 9.17) is 9.72 Å². The second kappa shape index (κ2) is 7.12. The molecule has 2 saturated heterocycles. The van der Waals surface area contributed by atoms with E-state index in [1.54, 1.807) is 6.92 Å². The lowest BCUT2D eigenvalue weighted by atomic mass is 10.2. The summed E-state index contributed by atoms with van der Waals surface area (Å²) in [7, 11) is 0. The highest BCUT2D eigenvalue weighted by atomic mass is 16.5. The molecule has 2 fully saturated rings. The van der Waals surface area contributed by atoms with Crippen molar-refractivity contribution in [2.75, 3.05) is 49.2 Å². The van der Waals surface area contributed by atoms with Crippen LogP contribution in [-0.4, -0.2) is 61.3 Å². The van der Waals surface area contributed by atoms with Gasteiger partial charge >= 0.3 is 0 Å². The van der Waals surface area contributed by atoms with Crippen molar-refractivity contribution in [2.24, 2.45) is 0 Å². The van der Waals surface area contributed by atoms with E-state index in [0.29, 0.717) is 0 Å². The van der Waals surface area contributed by atoms with Gasteiger partial charge in [-0.15, -0.1) is 0 Å². The molecule has 1 unspecified atom stereocenters. The predicted octanol–water partition coefficient (Wildman–Crippen LogP) is 0.590. The minimum Gasteiger partial charge on any atom is -0.378 e. The molecule has 2 aliphatic rings. The first-order valence-corrected chi connectivity index (χ1v) is 8.38. The minimum absolute atomic E-state index is 0.0304. The summed E-state index contributed by atoms with van der Waals surface area (Å²) in [6.45, 7) is 8.52. The van der Waals surface area contributed by atoms with E-state index in [-0.39, 0.29) is 11.9 Å². The maximum absolute atomic E-state index is 11.2. The SMILES string of the molecule is CCc1cc(N2CCC(NC(C)=O)C2)nc(N2CCOCC2)n1. The van der Waals surface area contributed by atoms with Crippen LogP contribution in [0.5, 0.6) is 0 Å². The Hall–Kier alpha value is -1.89. The molecule has 1 atom stereocenters. The number of hydrogen-bond donors (Lipinski definition) is 1. The van der Waals surface area contributed by atoms with Crippen LogP contribution >= 0.6 is 0 Å². The van der Waals surface area contributed by atoms with E-state index in [1.165, 1.54) is 0 Å². The van der Waals surface area contributed by atoms with Crippen LogP contribution < -0.4 is 15.1 Å². The number of amides is 1. The number of rotatable bonds is 4. The Morgan fingerprint density at radius 2 is 2.09 bits per heavy atom. The van der Waals surface area contributed by atoms with Gasteiger partial charge in [0.1, 0.15) is 5.82 Å². The number of hydrogen-bond acceptors (Lipinski definition) is 6. The maximum atomic E-state index is 11.2. The average Bonchev–Trinajstić information content (AvgIpc) is 3.03. The molecule has 7 heteroatoms. The summed E-state index contributed by atoms with van der Waals surface area (Å²) in [5.41, 5.74) is 1.06. The van der Waals surface area contributed by atoms with Gasteiger partial charge in [0, 0.05) is 50.9 Å². The number of carbonyl (C=O) groups is 1. The lowest BCUT2D eigenvalue weighted by molar-refractivity contribution is -0.119. The zero-order valence-electron chi connectivity index (χ0n) is 13.9. The molecule has 126 valence electrons. The summed E-state index contributed by atoms with van der Waals surface area (Å²) >= 11 is 0. The molecule has 7 nitrogen and oxygen atoms in total. The van der Waals surface area contributed by atoms with Crippen molar-refractivity contribution < 1.29 is 9.53 Å². The van der Waals surface area contributed by atoms with E-state index in [9.17, 15) is 4.79 Å². The van der Waals surface area contributed by atoms with Crippen LogP contribution in [0.25, 0.3) is 0 Å². The first kappa shape index (κ1) is 16.0. The second-order valence-corrected chi connectivity index (χ2v) is 6.10. The predicted molar refractivity (Wildman–Crippen MR) is 88.9 cm³/mol. The average molecular weight is 319 g/mol. The largest absolute Gasteiger partial charge is 0.378 e. The Morgan fingerprint density at radius 3 is 2.78 bits per heavy atom. The summed E-state index contributed by atoms with van der Waals surface area (Å²) in [5.74, 6) is 1.79. The number of anilines is 2. The molecule has 0 aliphatic carbocycles.